The lowest BCUT2D eigenvalue weighted by molar-refractivity contribution is 0.101. The van der Waals surface area contributed by atoms with Crippen LogP contribution in [0.25, 0.3) is 0 Å². The molecule has 6 heteroatoms. The second-order valence-electron chi connectivity index (χ2n) is 9.78. The molecule has 196 valence electrons. The molecule has 0 amide bonds. The Labute approximate surface area is 218 Å². The van der Waals surface area contributed by atoms with Gasteiger partial charge in [-0.25, -0.2) is 4.98 Å². The second-order valence-corrected chi connectivity index (χ2v) is 9.78. The number of unbranched alkanes of at least 4 members (excludes halogenated alkanes) is 1. The van der Waals surface area contributed by atoms with Gasteiger partial charge in [0.2, 0.25) is 0 Å². The van der Waals surface area contributed by atoms with Gasteiger partial charge >= 0.3 is 0 Å². The van der Waals surface area contributed by atoms with Crippen LogP contribution in [0.3, 0.4) is 0 Å². The molecule has 0 atom stereocenters. The first-order valence-corrected chi connectivity index (χ1v) is 13.9. The molecule has 2 heterocycles. The minimum absolute atomic E-state index is 0.0907. The van der Waals surface area contributed by atoms with Crippen molar-refractivity contribution in [2.75, 3.05) is 49.5 Å². The van der Waals surface area contributed by atoms with Gasteiger partial charge in [-0.3, -0.25) is 9.79 Å². The molecule has 1 aromatic carbocycles. The van der Waals surface area contributed by atoms with Crippen LogP contribution in [0.1, 0.15) is 81.6 Å². The van der Waals surface area contributed by atoms with E-state index in [1.54, 1.807) is 6.92 Å². The van der Waals surface area contributed by atoms with E-state index in [9.17, 15) is 4.79 Å². The minimum Gasteiger partial charge on any atom is -0.368 e. The fourth-order valence-corrected chi connectivity index (χ4v) is 4.63. The Kier molecular flexibility index (Phi) is 11.9. The van der Waals surface area contributed by atoms with Gasteiger partial charge in [-0.1, -0.05) is 50.5 Å². The smallest absolute Gasteiger partial charge is 0.159 e. The molecular weight excluding hydrogens is 446 g/mol. The number of anilines is 2. The van der Waals surface area contributed by atoms with Crippen LogP contribution in [0.15, 0.2) is 41.4 Å². The van der Waals surface area contributed by atoms with Gasteiger partial charge in [0, 0.05) is 37.8 Å². The van der Waals surface area contributed by atoms with Crippen molar-refractivity contribution in [2.45, 2.75) is 72.1 Å². The molecule has 1 fully saturated rings. The second kappa shape index (κ2) is 15.4. The van der Waals surface area contributed by atoms with E-state index in [0.29, 0.717) is 6.42 Å². The molecule has 2 aromatic rings. The third-order valence-electron chi connectivity index (χ3n) is 6.91. The van der Waals surface area contributed by atoms with E-state index < -0.39 is 0 Å². The summed E-state index contributed by atoms with van der Waals surface area (Å²) in [7, 11) is 0. The summed E-state index contributed by atoms with van der Waals surface area (Å²) in [5, 5.41) is 3.60. The largest absolute Gasteiger partial charge is 0.368 e. The van der Waals surface area contributed by atoms with Gasteiger partial charge in [0.25, 0.3) is 0 Å². The van der Waals surface area contributed by atoms with Crippen molar-refractivity contribution in [3.05, 3.63) is 47.5 Å². The number of pyridine rings is 1. The number of aliphatic imine (C=N–C) groups is 1. The van der Waals surface area contributed by atoms with Crippen molar-refractivity contribution in [3.8, 4) is 0 Å². The molecule has 0 aliphatic carbocycles. The molecule has 6 nitrogen and oxygen atoms in total. The first-order chi connectivity index (χ1) is 17.6. The molecule has 1 aliphatic rings. The summed E-state index contributed by atoms with van der Waals surface area (Å²) in [6.07, 6.45) is 11.5. The third-order valence-corrected chi connectivity index (χ3v) is 6.91. The van der Waals surface area contributed by atoms with Crippen molar-refractivity contribution in [1.82, 2.24) is 9.88 Å². The first kappa shape index (κ1) is 27.9. The SMILES string of the molecule is CCCCN(CC)c1ccc(N=CCc2ccc(C(C)=O)cc2)c(NCCCN2CCCCCC2)n1. The summed E-state index contributed by atoms with van der Waals surface area (Å²) in [4.78, 5) is 26.3. The zero-order chi connectivity index (χ0) is 25.6. The Morgan fingerprint density at radius 3 is 2.47 bits per heavy atom. The highest BCUT2D eigenvalue weighted by Gasteiger charge is 2.11. The van der Waals surface area contributed by atoms with Crippen LogP contribution in [-0.2, 0) is 6.42 Å². The van der Waals surface area contributed by atoms with E-state index in [4.69, 9.17) is 9.98 Å². The number of Topliss-reactive ketones (excluding diaryl/α,β-unsaturated/α-hetero) is 1. The lowest BCUT2D eigenvalue weighted by Crippen LogP contribution is -2.27. The molecule has 0 radical (unpaired) electrons. The maximum absolute atomic E-state index is 11.5. The summed E-state index contributed by atoms with van der Waals surface area (Å²) in [6.45, 7) is 12.5. The van der Waals surface area contributed by atoms with Crippen molar-refractivity contribution in [2.24, 2.45) is 4.99 Å². The van der Waals surface area contributed by atoms with Gasteiger partial charge in [0.1, 0.15) is 11.5 Å². The zero-order valence-electron chi connectivity index (χ0n) is 22.6. The number of rotatable bonds is 14. The quantitative estimate of drug-likeness (QED) is 0.185. The lowest BCUT2D eigenvalue weighted by Gasteiger charge is -2.23. The Bertz CT molecular complexity index is 948. The number of likely N-dealkylation sites (tertiary alicyclic amines) is 1. The number of carbonyl (C=O) groups excluding carboxylic acids is 1. The highest BCUT2D eigenvalue weighted by molar-refractivity contribution is 5.94. The molecule has 0 unspecified atom stereocenters. The van der Waals surface area contributed by atoms with Crippen molar-refractivity contribution in [1.29, 1.82) is 0 Å². The summed E-state index contributed by atoms with van der Waals surface area (Å²) in [5.74, 6) is 1.97. The van der Waals surface area contributed by atoms with E-state index in [1.165, 1.54) is 45.2 Å². The number of hydrogen-bond acceptors (Lipinski definition) is 6. The van der Waals surface area contributed by atoms with Gasteiger partial charge in [0.15, 0.2) is 11.6 Å². The molecule has 3 rings (SSSR count). The van der Waals surface area contributed by atoms with Crippen LogP contribution in [-0.4, -0.2) is 61.2 Å². The van der Waals surface area contributed by atoms with E-state index in [0.717, 1.165) is 67.5 Å². The normalized spacial score (nSPS) is 14.6. The van der Waals surface area contributed by atoms with Crippen LogP contribution in [0.2, 0.25) is 0 Å². The highest BCUT2D eigenvalue weighted by Crippen LogP contribution is 2.27. The Morgan fingerprint density at radius 2 is 1.81 bits per heavy atom. The number of ketones is 1. The van der Waals surface area contributed by atoms with Gasteiger partial charge in [0.05, 0.1) is 0 Å². The third kappa shape index (κ3) is 9.05. The van der Waals surface area contributed by atoms with E-state index >= 15 is 0 Å². The van der Waals surface area contributed by atoms with E-state index in [1.807, 2.05) is 30.5 Å². The zero-order valence-corrected chi connectivity index (χ0v) is 22.6. The molecule has 1 aromatic heterocycles. The number of nitrogens with zero attached hydrogens (tertiary/aromatic N) is 4. The molecule has 0 bridgehead atoms. The number of carbonyl (C=O) groups is 1. The molecule has 0 saturated carbocycles. The molecule has 1 saturated heterocycles. The van der Waals surface area contributed by atoms with E-state index in [2.05, 4.69) is 41.1 Å². The molecule has 1 aliphatic heterocycles. The minimum atomic E-state index is 0.0907. The van der Waals surface area contributed by atoms with Gasteiger partial charge in [-0.15, -0.1) is 0 Å². The van der Waals surface area contributed by atoms with Crippen LogP contribution in [0, 0.1) is 0 Å². The molecule has 36 heavy (non-hydrogen) atoms. The monoisotopic (exact) mass is 491 g/mol. The van der Waals surface area contributed by atoms with Gasteiger partial charge in [-0.05, 0) is 76.9 Å². The number of aromatic nitrogens is 1. The van der Waals surface area contributed by atoms with Gasteiger partial charge < -0.3 is 15.1 Å². The maximum Gasteiger partial charge on any atom is 0.159 e. The lowest BCUT2D eigenvalue weighted by atomic mass is 10.1. The average Bonchev–Trinajstić information content (AvgIpc) is 3.17. The number of hydrogen-bond donors (Lipinski definition) is 1. The van der Waals surface area contributed by atoms with Crippen molar-refractivity contribution < 1.29 is 4.79 Å². The van der Waals surface area contributed by atoms with Crippen LogP contribution in [0.4, 0.5) is 17.3 Å². The molecule has 1 N–H and O–H groups in total. The Balaban J connectivity index is 1.66. The number of benzene rings is 1. The summed E-state index contributed by atoms with van der Waals surface area (Å²) >= 11 is 0. The fraction of sp³-hybridized carbons (Fsp3) is 0.567. The van der Waals surface area contributed by atoms with Crippen molar-refractivity contribution in [3.63, 3.8) is 0 Å². The van der Waals surface area contributed by atoms with Gasteiger partial charge in [-0.2, -0.15) is 0 Å². The summed E-state index contributed by atoms with van der Waals surface area (Å²) < 4.78 is 0. The Morgan fingerprint density at radius 1 is 1.06 bits per heavy atom. The van der Waals surface area contributed by atoms with E-state index in [-0.39, 0.29) is 5.78 Å². The predicted octanol–water partition coefficient (Wildman–Crippen LogP) is 6.53. The van der Waals surface area contributed by atoms with Crippen molar-refractivity contribution >= 4 is 29.3 Å². The van der Waals surface area contributed by atoms with Crippen LogP contribution < -0.4 is 10.2 Å². The standard InChI is InChI=1S/C30H45N5O/c1-4-6-24-35(5-2)29-17-16-28(31-20-18-26-12-14-27(15-13-26)25(3)36)30(33-29)32-19-11-23-34-21-9-7-8-10-22-34/h12-17,20H,4-11,18-19,21-24H2,1-3H3,(H,32,33). The molecule has 0 spiro atoms. The topological polar surface area (TPSA) is 60.8 Å². The summed E-state index contributed by atoms with van der Waals surface area (Å²) in [6, 6.07) is 11.9. The maximum atomic E-state index is 11.5. The first-order valence-electron chi connectivity index (χ1n) is 13.9. The number of nitrogens with one attached hydrogen (secondary N) is 1. The molecular formula is C30H45N5O. The highest BCUT2D eigenvalue weighted by atomic mass is 16.1. The Hall–Kier alpha value is -2.73. The predicted molar refractivity (Wildman–Crippen MR) is 153 cm³/mol. The average molecular weight is 492 g/mol. The fourth-order valence-electron chi connectivity index (χ4n) is 4.63. The van der Waals surface area contributed by atoms with Crippen LogP contribution in [0.5, 0.6) is 0 Å². The summed E-state index contributed by atoms with van der Waals surface area (Å²) in [5.41, 5.74) is 2.75. The van der Waals surface area contributed by atoms with Crippen LogP contribution >= 0.6 is 0 Å².